The van der Waals surface area contributed by atoms with Crippen molar-refractivity contribution in [3.8, 4) is 5.75 Å². The summed E-state index contributed by atoms with van der Waals surface area (Å²) in [4.78, 5) is 2.13. The van der Waals surface area contributed by atoms with Crippen LogP contribution in [0.25, 0.3) is 0 Å². The maximum Gasteiger partial charge on any atom is 0.211 e. The third-order valence-corrected chi connectivity index (χ3v) is 4.89. The monoisotopic (exact) mass is 312 g/mol. The Balaban J connectivity index is 1.95. The molecule has 1 aliphatic rings. The zero-order valence-electron chi connectivity index (χ0n) is 13.0. The first-order valence-electron chi connectivity index (χ1n) is 7.21. The van der Waals surface area contributed by atoms with E-state index in [-0.39, 0.29) is 0 Å². The molecule has 1 aromatic rings. The Labute approximate surface area is 127 Å². The van der Waals surface area contributed by atoms with Gasteiger partial charge in [0.15, 0.2) is 0 Å². The fraction of sp³-hybridized carbons (Fsp3) is 0.600. The standard InChI is InChI=1S/C15H24N2O3S/c1-16(2)8-4-10-20-15-6-5-14-12-17(21(3,18)19)9-7-13(14)11-15/h5-6,11H,4,7-10,12H2,1-3H3. The molecule has 0 bridgehead atoms. The zero-order valence-corrected chi connectivity index (χ0v) is 13.8. The van der Waals surface area contributed by atoms with E-state index in [1.807, 2.05) is 32.3 Å². The summed E-state index contributed by atoms with van der Waals surface area (Å²) >= 11 is 0. The molecule has 1 aliphatic heterocycles. The van der Waals surface area contributed by atoms with Crippen LogP contribution in [0.3, 0.4) is 0 Å². The van der Waals surface area contributed by atoms with Crippen LogP contribution in [0.15, 0.2) is 18.2 Å². The van der Waals surface area contributed by atoms with E-state index in [1.165, 1.54) is 16.1 Å². The maximum atomic E-state index is 11.6. The van der Waals surface area contributed by atoms with E-state index in [0.29, 0.717) is 19.7 Å². The number of hydrogen-bond acceptors (Lipinski definition) is 4. The average molecular weight is 312 g/mol. The van der Waals surface area contributed by atoms with E-state index in [0.717, 1.165) is 30.7 Å². The molecule has 0 spiro atoms. The van der Waals surface area contributed by atoms with Crippen molar-refractivity contribution in [2.45, 2.75) is 19.4 Å². The third kappa shape index (κ3) is 4.69. The molecule has 0 N–H and O–H groups in total. The highest BCUT2D eigenvalue weighted by atomic mass is 32.2. The first kappa shape index (κ1) is 16.3. The van der Waals surface area contributed by atoms with Crippen molar-refractivity contribution in [1.29, 1.82) is 0 Å². The smallest absolute Gasteiger partial charge is 0.211 e. The second kappa shape index (κ2) is 6.77. The van der Waals surface area contributed by atoms with E-state index < -0.39 is 10.0 Å². The molecule has 0 amide bonds. The molecule has 21 heavy (non-hydrogen) atoms. The number of sulfonamides is 1. The fourth-order valence-corrected chi connectivity index (χ4v) is 3.24. The van der Waals surface area contributed by atoms with Crippen molar-refractivity contribution >= 4 is 10.0 Å². The van der Waals surface area contributed by atoms with Gasteiger partial charge in [-0.25, -0.2) is 8.42 Å². The maximum absolute atomic E-state index is 11.6. The minimum Gasteiger partial charge on any atom is -0.494 e. The van der Waals surface area contributed by atoms with Gasteiger partial charge in [-0.15, -0.1) is 0 Å². The lowest BCUT2D eigenvalue weighted by Gasteiger charge is -2.27. The van der Waals surface area contributed by atoms with Crippen molar-refractivity contribution in [3.63, 3.8) is 0 Å². The molecule has 0 radical (unpaired) electrons. The number of fused-ring (bicyclic) bond motifs is 1. The Morgan fingerprint density at radius 1 is 1.29 bits per heavy atom. The molecule has 0 saturated carbocycles. The minimum atomic E-state index is -3.11. The van der Waals surface area contributed by atoms with Crippen LogP contribution in [0.4, 0.5) is 0 Å². The summed E-state index contributed by atoms with van der Waals surface area (Å²) in [6.45, 7) is 2.73. The van der Waals surface area contributed by atoms with Crippen LogP contribution in [-0.4, -0.2) is 57.7 Å². The molecule has 0 saturated heterocycles. The SMILES string of the molecule is CN(C)CCCOc1ccc2c(c1)CCN(S(C)(=O)=O)C2. The molecular formula is C15H24N2O3S. The Morgan fingerprint density at radius 3 is 2.71 bits per heavy atom. The van der Waals surface area contributed by atoms with Gasteiger partial charge >= 0.3 is 0 Å². The van der Waals surface area contributed by atoms with E-state index in [4.69, 9.17) is 4.74 Å². The summed E-state index contributed by atoms with van der Waals surface area (Å²) in [7, 11) is 0.989. The summed E-state index contributed by atoms with van der Waals surface area (Å²) in [5.74, 6) is 0.875. The molecule has 5 nitrogen and oxygen atoms in total. The van der Waals surface area contributed by atoms with Crippen molar-refractivity contribution in [3.05, 3.63) is 29.3 Å². The molecule has 6 heteroatoms. The van der Waals surface area contributed by atoms with Gasteiger partial charge in [0.2, 0.25) is 10.0 Å². The number of ether oxygens (including phenoxy) is 1. The minimum absolute atomic E-state index is 0.467. The summed E-state index contributed by atoms with van der Waals surface area (Å²) in [6.07, 6.45) is 3.00. The van der Waals surface area contributed by atoms with Crippen LogP contribution < -0.4 is 4.74 Å². The molecule has 0 fully saturated rings. The number of hydrogen-bond donors (Lipinski definition) is 0. The molecule has 0 unspecified atom stereocenters. The lowest BCUT2D eigenvalue weighted by Crippen LogP contribution is -2.35. The van der Waals surface area contributed by atoms with Gasteiger partial charge in [-0.2, -0.15) is 4.31 Å². The van der Waals surface area contributed by atoms with Crippen molar-refractivity contribution in [2.75, 3.05) is 40.0 Å². The third-order valence-electron chi connectivity index (χ3n) is 3.64. The second-order valence-corrected chi connectivity index (χ2v) is 7.76. The first-order chi connectivity index (χ1) is 9.86. The highest BCUT2D eigenvalue weighted by Crippen LogP contribution is 2.25. The van der Waals surface area contributed by atoms with E-state index >= 15 is 0 Å². The molecule has 0 aromatic heterocycles. The highest BCUT2D eigenvalue weighted by Gasteiger charge is 2.23. The van der Waals surface area contributed by atoms with Gasteiger partial charge in [0, 0.05) is 19.6 Å². The van der Waals surface area contributed by atoms with Gasteiger partial charge < -0.3 is 9.64 Å². The van der Waals surface area contributed by atoms with Crippen molar-refractivity contribution in [2.24, 2.45) is 0 Å². The lowest BCUT2D eigenvalue weighted by molar-refractivity contribution is 0.281. The van der Waals surface area contributed by atoms with E-state index in [1.54, 1.807) is 0 Å². The topological polar surface area (TPSA) is 49.9 Å². The lowest BCUT2D eigenvalue weighted by atomic mass is 10.0. The quantitative estimate of drug-likeness (QED) is 0.744. The summed E-state index contributed by atoms with van der Waals surface area (Å²) < 4.78 is 30.5. The van der Waals surface area contributed by atoms with Crippen LogP contribution >= 0.6 is 0 Å². The van der Waals surface area contributed by atoms with Gasteiger partial charge in [-0.3, -0.25) is 0 Å². The van der Waals surface area contributed by atoms with Gasteiger partial charge in [0.25, 0.3) is 0 Å². The van der Waals surface area contributed by atoms with Crippen LogP contribution in [0.2, 0.25) is 0 Å². The Morgan fingerprint density at radius 2 is 2.05 bits per heavy atom. The average Bonchev–Trinajstić information content (AvgIpc) is 2.41. The Kier molecular flexibility index (Phi) is 5.24. The molecule has 0 aliphatic carbocycles. The van der Waals surface area contributed by atoms with E-state index in [9.17, 15) is 8.42 Å². The number of rotatable bonds is 6. The summed E-state index contributed by atoms with van der Waals surface area (Å²) in [5, 5.41) is 0. The van der Waals surface area contributed by atoms with Crippen molar-refractivity contribution < 1.29 is 13.2 Å². The molecular weight excluding hydrogens is 288 g/mol. The number of benzene rings is 1. The summed E-state index contributed by atoms with van der Waals surface area (Å²) in [6, 6.07) is 5.96. The Bertz CT molecular complexity index is 585. The van der Waals surface area contributed by atoms with Crippen LogP contribution in [0, 0.1) is 0 Å². The fourth-order valence-electron chi connectivity index (χ4n) is 2.45. The van der Waals surface area contributed by atoms with E-state index in [2.05, 4.69) is 4.90 Å². The highest BCUT2D eigenvalue weighted by molar-refractivity contribution is 7.88. The van der Waals surface area contributed by atoms with Gasteiger partial charge in [0.1, 0.15) is 5.75 Å². The largest absolute Gasteiger partial charge is 0.494 e. The predicted octanol–water partition coefficient (Wildman–Crippen LogP) is 1.33. The summed E-state index contributed by atoms with van der Waals surface area (Å²) in [5.41, 5.74) is 2.27. The Hall–Kier alpha value is -1.11. The first-order valence-corrected chi connectivity index (χ1v) is 9.05. The molecule has 118 valence electrons. The normalized spacial score (nSPS) is 16.0. The number of nitrogens with zero attached hydrogens (tertiary/aromatic N) is 2. The van der Waals surface area contributed by atoms with Crippen LogP contribution in [-0.2, 0) is 23.0 Å². The predicted molar refractivity (Wildman–Crippen MR) is 84.1 cm³/mol. The molecule has 2 rings (SSSR count). The molecule has 0 atom stereocenters. The van der Waals surface area contributed by atoms with Crippen LogP contribution in [0.5, 0.6) is 5.75 Å². The van der Waals surface area contributed by atoms with Crippen LogP contribution in [0.1, 0.15) is 17.5 Å². The van der Waals surface area contributed by atoms with Crippen molar-refractivity contribution in [1.82, 2.24) is 9.21 Å². The zero-order chi connectivity index (χ0) is 15.5. The molecule has 1 heterocycles. The van der Waals surface area contributed by atoms with Gasteiger partial charge in [-0.05, 0) is 50.2 Å². The molecule has 1 aromatic carbocycles. The van der Waals surface area contributed by atoms with Gasteiger partial charge in [-0.1, -0.05) is 6.07 Å². The van der Waals surface area contributed by atoms with Gasteiger partial charge in [0.05, 0.1) is 12.9 Å². The second-order valence-electron chi connectivity index (χ2n) is 5.78.